The number of nitriles is 1. The largest absolute Gasteiger partial charge is 0.417 e. The van der Waals surface area contributed by atoms with Crippen molar-refractivity contribution in [3.05, 3.63) is 65.7 Å². The number of benzene rings is 2. The van der Waals surface area contributed by atoms with Crippen molar-refractivity contribution >= 4 is 14.4 Å². The van der Waals surface area contributed by atoms with E-state index in [1.165, 1.54) is 5.56 Å². The summed E-state index contributed by atoms with van der Waals surface area (Å²) in [7, 11) is -1.64. The fourth-order valence-corrected chi connectivity index (χ4v) is 3.40. The molecule has 0 fully saturated rings. The maximum absolute atomic E-state index is 8.88. The predicted molar refractivity (Wildman–Crippen MR) is 113 cm³/mol. The van der Waals surface area contributed by atoms with E-state index in [4.69, 9.17) is 9.69 Å². The summed E-state index contributed by atoms with van der Waals surface area (Å²) in [5, 5.41) is 9.14. The first-order chi connectivity index (χ1) is 12.2. The Morgan fingerprint density at radius 1 is 0.962 bits per heavy atom. The van der Waals surface area contributed by atoms with Gasteiger partial charge in [-0.15, -0.1) is 0 Å². The van der Waals surface area contributed by atoms with Crippen LogP contribution in [0.3, 0.4) is 0 Å². The third kappa shape index (κ3) is 5.42. The summed E-state index contributed by atoms with van der Waals surface area (Å²) in [6.07, 6.45) is 5.27. The van der Waals surface area contributed by atoms with E-state index < -0.39 is 8.32 Å². The molecule has 0 aliphatic carbocycles. The molecule has 0 saturated heterocycles. The van der Waals surface area contributed by atoms with Crippen molar-refractivity contribution in [3.63, 3.8) is 0 Å². The van der Waals surface area contributed by atoms with Crippen LogP contribution in [0.15, 0.2) is 54.6 Å². The fourth-order valence-electron chi connectivity index (χ4n) is 2.34. The molecule has 2 aromatic carbocycles. The maximum atomic E-state index is 8.88. The highest BCUT2D eigenvalue weighted by atomic mass is 28.4. The Kier molecular flexibility index (Phi) is 6.58. The van der Waals surface area contributed by atoms with E-state index >= 15 is 0 Å². The van der Waals surface area contributed by atoms with Gasteiger partial charge in [0.25, 0.3) is 0 Å². The van der Waals surface area contributed by atoms with Crippen molar-refractivity contribution in [2.45, 2.75) is 45.3 Å². The Morgan fingerprint density at radius 2 is 1.50 bits per heavy atom. The van der Waals surface area contributed by atoms with E-state index in [9.17, 15) is 0 Å². The van der Waals surface area contributed by atoms with Gasteiger partial charge in [-0.25, -0.2) is 0 Å². The molecule has 0 amide bonds. The molecule has 0 radical (unpaired) electrons. The monoisotopic (exact) mass is 363 g/mol. The molecule has 0 atom stereocenters. The topological polar surface area (TPSA) is 33.0 Å². The number of hydrogen-bond acceptors (Lipinski definition) is 2. The lowest BCUT2D eigenvalue weighted by atomic mass is 10.0. The Morgan fingerprint density at radius 3 is 2.00 bits per heavy atom. The average molecular weight is 364 g/mol. The standard InChI is InChI=1S/C23H29NOSi/c1-23(2,3)26(4,5)25-17-7-6-8-19-9-13-21(14-10-19)22-15-11-20(18-24)12-16-22/h6,8-16H,7,17H2,1-5H3/b8-6+. The van der Waals surface area contributed by atoms with Gasteiger partial charge in [0.1, 0.15) is 0 Å². The van der Waals surface area contributed by atoms with Gasteiger partial charge in [0.05, 0.1) is 11.6 Å². The molecule has 0 saturated carbocycles. The minimum Gasteiger partial charge on any atom is -0.417 e. The Labute approximate surface area is 159 Å². The lowest BCUT2D eigenvalue weighted by Crippen LogP contribution is -2.40. The molecule has 0 N–H and O–H groups in total. The van der Waals surface area contributed by atoms with Crippen LogP contribution in [0, 0.1) is 11.3 Å². The highest BCUT2D eigenvalue weighted by Crippen LogP contribution is 2.36. The SMILES string of the molecule is CC(C)(C)[Si](C)(C)OCC/C=C/c1ccc(-c2ccc(C#N)cc2)cc1. The molecule has 136 valence electrons. The highest BCUT2D eigenvalue weighted by Gasteiger charge is 2.36. The molecule has 3 heteroatoms. The zero-order valence-electron chi connectivity index (χ0n) is 16.5. The summed E-state index contributed by atoms with van der Waals surface area (Å²) in [6, 6.07) is 18.3. The van der Waals surface area contributed by atoms with Crippen LogP contribution in [0.4, 0.5) is 0 Å². The van der Waals surface area contributed by atoms with Crippen LogP contribution >= 0.6 is 0 Å². The van der Waals surface area contributed by atoms with Gasteiger partial charge in [0, 0.05) is 6.61 Å². The molecule has 2 aromatic rings. The molecule has 2 nitrogen and oxygen atoms in total. The van der Waals surface area contributed by atoms with Crippen molar-refractivity contribution in [1.82, 2.24) is 0 Å². The first-order valence-corrected chi connectivity index (χ1v) is 12.0. The second-order valence-electron chi connectivity index (χ2n) is 8.11. The van der Waals surface area contributed by atoms with E-state index in [1.807, 2.05) is 24.3 Å². The summed E-state index contributed by atoms with van der Waals surface area (Å²) in [5.41, 5.74) is 4.16. The van der Waals surface area contributed by atoms with Crippen molar-refractivity contribution in [2.75, 3.05) is 6.61 Å². The zero-order chi connectivity index (χ0) is 19.2. The van der Waals surface area contributed by atoms with E-state index in [1.54, 1.807) is 0 Å². The number of rotatable bonds is 6. The van der Waals surface area contributed by atoms with E-state index in [0.29, 0.717) is 5.56 Å². The van der Waals surface area contributed by atoms with Crippen molar-refractivity contribution in [2.24, 2.45) is 0 Å². The quantitative estimate of drug-likeness (QED) is 0.425. The molecule has 26 heavy (non-hydrogen) atoms. The lowest BCUT2D eigenvalue weighted by molar-refractivity contribution is 0.294. The highest BCUT2D eigenvalue weighted by molar-refractivity contribution is 6.74. The number of nitrogens with zero attached hydrogens (tertiary/aromatic N) is 1. The second-order valence-corrected chi connectivity index (χ2v) is 12.9. The Hall–Kier alpha value is -2.15. The third-order valence-corrected chi connectivity index (χ3v) is 9.66. The summed E-state index contributed by atoms with van der Waals surface area (Å²) >= 11 is 0. The second kappa shape index (κ2) is 8.49. The molecule has 0 unspecified atom stereocenters. The maximum Gasteiger partial charge on any atom is 0.191 e. The minimum absolute atomic E-state index is 0.262. The molecule has 0 aliphatic rings. The fraction of sp³-hybridized carbons (Fsp3) is 0.348. The molecular weight excluding hydrogens is 334 g/mol. The normalized spacial score (nSPS) is 12.3. The molecule has 0 spiro atoms. The van der Waals surface area contributed by atoms with Crippen LogP contribution in [0.5, 0.6) is 0 Å². The van der Waals surface area contributed by atoms with Gasteiger partial charge in [-0.2, -0.15) is 5.26 Å². The van der Waals surface area contributed by atoms with Gasteiger partial charge < -0.3 is 4.43 Å². The van der Waals surface area contributed by atoms with E-state index in [2.05, 4.69) is 76.4 Å². The summed E-state index contributed by atoms with van der Waals surface area (Å²) in [6.45, 7) is 12.2. The van der Waals surface area contributed by atoms with Crippen LogP contribution in [0.2, 0.25) is 18.1 Å². The first kappa shape index (κ1) is 20.2. The molecule has 0 bridgehead atoms. The van der Waals surface area contributed by atoms with Gasteiger partial charge >= 0.3 is 0 Å². The first-order valence-electron chi connectivity index (χ1n) is 9.14. The number of hydrogen-bond donors (Lipinski definition) is 0. The van der Waals surface area contributed by atoms with E-state index in [0.717, 1.165) is 24.2 Å². The predicted octanol–water partition coefficient (Wildman–Crippen LogP) is 6.65. The minimum atomic E-state index is -1.64. The van der Waals surface area contributed by atoms with Gasteiger partial charge in [-0.05, 0) is 53.4 Å². The Balaban J connectivity index is 1.89. The van der Waals surface area contributed by atoms with Crippen LogP contribution in [0.1, 0.15) is 38.3 Å². The summed E-state index contributed by atoms with van der Waals surface area (Å²) in [4.78, 5) is 0. The van der Waals surface area contributed by atoms with Crippen molar-refractivity contribution < 1.29 is 4.43 Å². The zero-order valence-corrected chi connectivity index (χ0v) is 17.5. The molecule has 0 aliphatic heterocycles. The Bertz CT molecular complexity index is 775. The third-order valence-electron chi connectivity index (χ3n) is 5.12. The van der Waals surface area contributed by atoms with Crippen LogP contribution < -0.4 is 0 Å². The summed E-state index contributed by atoms with van der Waals surface area (Å²) in [5.74, 6) is 0. The molecular formula is C23H29NOSi. The van der Waals surface area contributed by atoms with Gasteiger partial charge in [0.2, 0.25) is 0 Å². The smallest absolute Gasteiger partial charge is 0.191 e. The van der Waals surface area contributed by atoms with Crippen LogP contribution in [-0.2, 0) is 4.43 Å². The molecule has 0 aromatic heterocycles. The van der Waals surface area contributed by atoms with Crippen molar-refractivity contribution in [1.29, 1.82) is 5.26 Å². The lowest BCUT2D eigenvalue weighted by Gasteiger charge is -2.36. The molecule has 2 rings (SSSR count). The van der Waals surface area contributed by atoms with Crippen LogP contribution in [-0.4, -0.2) is 14.9 Å². The molecule has 0 heterocycles. The van der Waals surface area contributed by atoms with E-state index in [-0.39, 0.29) is 5.04 Å². The van der Waals surface area contributed by atoms with Crippen LogP contribution in [0.25, 0.3) is 17.2 Å². The van der Waals surface area contributed by atoms with Gasteiger partial charge in [0.15, 0.2) is 8.32 Å². The van der Waals surface area contributed by atoms with Gasteiger partial charge in [-0.1, -0.05) is 69.3 Å². The van der Waals surface area contributed by atoms with Gasteiger partial charge in [-0.3, -0.25) is 0 Å². The average Bonchev–Trinajstić information content (AvgIpc) is 2.61. The van der Waals surface area contributed by atoms with Crippen molar-refractivity contribution in [3.8, 4) is 17.2 Å². The summed E-state index contributed by atoms with van der Waals surface area (Å²) < 4.78 is 6.19.